The van der Waals surface area contributed by atoms with Gasteiger partial charge in [0.2, 0.25) is 0 Å². The van der Waals surface area contributed by atoms with E-state index in [1.807, 2.05) is 62.4 Å². The Hall–Kier alpha value is -3.52. The number of benzene rings is 4. The van der Waals surface area contributed by atoms with Crippen molar-refractivity contribution in [2.45, 2.75) is 13.8 Å². The maximum absolute atomic E-state index is 10.3. The molecule has 0 aliphatic rings. The number of hydrogen-bond donors (Lipinski definition) is 2. The molecule has 0 amide bonds. The highest BCUT2D eigenvalue weighted by Crippen LogP contribution is 2.44. The molecule has 0 atom stereocenters. The number of hydrogen-bond acceptors (Lipinski definition) is 2. The van der Waals surface area contributed by atoms with Gasteiger partial charge in [0.1, 0.15) is 11.5 Å². The topological polar surface area (TPSA) is 40.5 Å². The predicted octanol–water partition coefficient (Wildman–Crippen LogP) is 6.72. The van der Waals surface area contributed by atoms with Gasteiger partial charge >= 0.3 is 0 Å². The first kappa shape index (κ1) is 17.9. The fourth-order valence-corrected chi connectivity index (χ4v) is 3.89. The van der Waals surface area contributed by atoms with Crippen molar-refractivity contribution in [3.05, 3.63) is 96.1 Å². The van der Waals surface area contributed by atoms with Crippen molar-refractivity contribution < 1.29 is 10.2 Å². The molecule has 0 fully saturated rings. The third-order valence-electron chi connectivity index (χ3n) is 5.06. The van der Waals surface area contributed by atoms with Crippen LogP contribution in [0.5, 0.6) is 11.5 Å². The molecule has 0 heterocycles. The van der Waals surface area contributed by atoms with Gasteiger partial charge in [0.05, 0.1) is 0 Å². The molecule has 0 aliphatic heterocycles. The van der Waals surface area contributed by atoms with Gasteiger partial charge in [-0.3, -0.25) is 0 Å². The lowest BCUT2D eigenvalue weighted by Gasteiger charge is -2.20. The van der Waals surface area contributed by atoms with Crippen LogP contribution >= 0.6 is 0 Å². The summed E-state index contributed by atoms with van der Waals surface area (Å²) in [6.07, 6.45) is 0. The maximum atomic E-state index is 10.3. The van der Waals surface area contributed by atoms with Gasteiger partial charge in [-0.05, 0) is 82.6 Å². The molecule has 4 aromatic rings. The van der Waals surface area contributed by atoms with E-state index >= 15 is 0 Å². The molecule has 0 radical (unpaired) electrons. The van der Waals surface area contributed by atoms with Crippen LogP contribution in [0.4, 0.5) is 0 Å². The Bertz CT molecular complexity index is 1040. The van der Waals surface area contributed by atoms with Gasteiger partial charge < -0.3 is 10.2 Å². The van der Waals surface area contributed by atoms with E-state index in [1.165, 1.54) is 0 Å². The van der Waals surface area contributed by atoms with Crippen molar-refractivity contribution in [1.29, 1.82) is 0 Å². The van der Waals surface area contributed by atoms with Crippen LogP contribution in [0.3, 0.4) is 0 Å². The minimum atomic E-state index is 0.248. The average molecular weight is 366 g/mol. The van der Waals surface area contributed by atoms with E-state index in [4.69, 9.17) is 0 Å². The molecule has 4 aromatic carbocycles. The Balaban J connectivity index is 2.09. The van der Waals surface area contributed by atoms with Crippen LogP contribution in [0.15, 0.2) is 84.9 Å². The van der Waals surface area contributed by atoms with E-state index in [0.717, 1.165) is 44.5 Å². The molecular formula is C26H22O2. The highest BCUT2D eigenvalue weighted by molar-refractivity contribution is 5.95. The number of phenols is 2. The second-order valence-electron chi connectivity index (χ2n) is 7.10. The van der Waals surface area contributed by atoms with Crippen LogP contribution in [0.1, 0.15) is 11.1 Å². The fraction of sp³-hybridized carbons (Fsp3) is 0.0769. The first-order valence-corrected chi connectivity index (χ1v) is 9.33. The summed E-state index contributed by atoms with van der Waals surface area (Å²) in [5, 5.41) is 20.6. The van der Waals surface area contributed by atoms with Gasteiger partial charge in [0, 0.05) is 0 Å². The van der Waals surface area contributed by atoms with Crippen molar-refractivity contribution in [3.63, 3.8) is 0 Å². The Labute approximate surface area is 165 Å². The van der Waals surface area contributed by atoms with Crippen LogP contribution < -0.4 is 0 Å². The van der Waals surface area contributed by atoms with Crippen LogP contribution in [-0.4, -0.2) is 10.2 Å². The molecule has 0 aliphatic carbocycles. The van der Waals surface area contributed by atoms with Crippen LogP contribution in [0.25, 0.3) is 33.4 Å². The highest BCUT2D eigenvalue weighted by atomic mass is 16.3. The van der Waals surface area contributed by atoms with E-state index in [0.29, 0.717) is 0 Å². The van der Waals surface area contributed by atoms with E-state index in [2.05, 4.69) is 24.3 Å². The molecule has 0 spiro atoms. The monoisotopic (exact) mass is 366 g/mol. The lowest BCUT2D eigenvalue weighted by molar-refractivity contribution is 0.474. The summed E-state index contributed by atoms with van der Waals surface area (Å²) < 4.78 is 0. The number of aryl methyl sites for hydroxylation is 2. The molecule has 2 heteroatoms. The lowest BCUT2D eigenvalue weighted by atomic mass is 9.84. The molecule has 2 nitrogen and oxygen atoms in total. The standard InChI is InChI=1S/C26H22O2/c1-17-13-21(27)15-23(19-9-5-3-6-10-19)25(17)26-18(2)14-22(28)16-24(26)20-11-7-4-8-12-20/h3-16,27-28H,1-2H3. The highest BCUT2D eigenvalue weighted by Gasteiger charge is 2.19. The summed E-state index contributed by atoms with van der Waals surface area (Å²) in [6, 6.07) is 27.4. The zero-order valence-corrected chi connectivity index (χ0v) is 16.0. The average Bonchev–Trinajstić information content (AvgIpc) is 2.69. The van der Waals surface area contributed by atoms with E-state index in [-0.39, 0.29) is 11.5 Å². The Morgan fingerprint density at radius 2 is 0.857 bits per heavy atom. The van der Waals surface area contributed by atoms with Crippen LogP contribution in [0, 0.1) is 13.8 Å². The minimum Gasteiger partial charge on any atom is -0.508 e. The molecule has 2 N–H and O–H groups in total. The van der Waals surface area contributed by atoms with E-state index in [1.54, 1.807) is 12.1 Å². The molecule has 0 bridgehead atoms. The number of aromatic hydroxyl groups is 2. The molecule has 138 valence electrons. The molecule has 0 saturated heterocycles. The summed E-state index contributed by atoms with van der Waals surface area (Å²) in [7, 11) is 0. The normalized spacial score (nSPS) is 10.8. The van der Waals surface area contributed by atoms with Gasteiger partial charge in [-0.15, -0.1) is 0 Å². The van der Waals surface area contributed by atoms with Gasteiger partial charge in [0.25, 0.3) is 0 Å². The van der Waals surface area contributed by atoms with Crippen molar-refractivity contribution >= 4 is 0 Å². The third-order valence-corrected chi connectivity index (χ3v) is 5.06. The zero-order chi connectivity index (χ0) is 19.7. The molecule has 4 rings (SSSR count). The van der Waals surface area contributed by atoms with Crippen molar-refractivity contribution in [2.75, 3.05) is 0 Å². The summed E-state index contributed by atoms with van der Waals surface area (Å²) in [5.41, 5.74) is 8.16. The second-order valence-corrected chi connectivity index (χ2v) is 7.10. The molecule has 28 heavy (non-hydrogen) atoms. The number of rotatable bonds is 3. The summed E-state index contributed by atoms with van der Waals surface area (Å²) in [4.78, 5) is 0. The van der Waals surface area contributed by atoms with Gasteiger partial charge in [-0.2, -0.15) is 0 Å². The molecule has 0 unspecified atom stereocenters. The summed E-state index contributed by atoms with van der Waals surface area (Å²) >= 11 is 0. The van der Waals surface area contributed by atoms with Crippen molar-refractivity contribution in [3.8, 4) is 44.9 Å². The van der Waals surface area contributed by atoms with Crippen molar-refractivity contribution in [2.24, 2.45) is 0 Å². The van der Waals surface area contributed by atoms with E-state index in [9.17, 15) is 10.2 Å². The van der Waals surface area contributed by atoms with Crippen LogP contribution in [0.2, 0.25) is 0 Å². The quantitative estimate of drug-likeness (QED) is 0.423. The van der Waals surface area contributed by atoms with E-state index < -0.39 is 0 Å². The molecule has 0 saturated carbocycles. The lowest BCUT2D eigenvalue weighted by Crippen LogP contribution is -1.95. The summed E-state index contributed by atoms with van der Waals surface area (Å²) in [5.74, 6) is 0.496. The Morgan fingerprint density at radius 1 is 0.500 bits per heavy atom. The first-order valence-electron chi connectivity index (χ1n) is 9.33. The summed E-state index contributed by atoms with van der Waals surface area (Å²) in [6.45, 7) is 4.03. The maximum Gasteiger partial charge on any atom is 0.116 e. The Kier molecular flexibility index (Phi) is 4.62. The number of phenolic OH excluding ortho intramolecular Hbond substituents is 2. The van der Waals surface area contributed by atoms with Gasteiger partial charge in [-0.25, -0.2) is 0 Å². The third kappa shape index (κ3) is 3.25. The zero-order valence-electron chi connectivity index (χ0n) is 16.0. The van der Waals surface area contributed by atoms with Gasteiger partial charge in [0.15, 0.2) is 0 Å². The SMILES string of the molecule is Cc1cc(O)cc(-c2ccccc2)c1-c1c(C)cc(O)cc1-c1ccccc1. The predicted molar refractivity (Wildman–Crippen MR) is 116 cm³/mol. The first-order chi connectivity index (χ1) is 13.5. The smallest absolute Gasteiger partial charge is 0.116 e. The Morgan fingerprint density at radius 3 is 1.21 bits per heavy atom. The largest absolute Gasteiger partial charge is 0.508 e. The van der Waals surface area contributed by atoms with Crippen molar-refractivity contribution in [1.82, 2.24) is 0 Å². The molecule has 0 aromatic heterocycles. The minimum absolute atomic E-state index is 0.248. The van der Waals surface area contributed by atoms with Crippen LogP contribution in [-0.2, 0) is 0 Å². The molecular weight excluding hydrogens is 344 g/mol. The second kappa shape index (κ2) is 7.24. The van der Waals surface area contributed by atoms with Gasteiger partial charge in [-0.1, -0.05) is 60.7 Å². The fourth-order valence-electron chi connectivity index (χ4n) is 3.89.